The second kappa shape index (κ2) is 10.5. The number of nitrogens with zero attached hydrogens (tertiary/aromatic N) is 2. The molecule has 0 aliphatic heterocycles. The van der Waals surface area contributed by atoms with Crippen LogP contribution in [-0.2, 0) is 20.9 Å². The minimum atomic E-state index is -1.19. The van der Waals surface area contributed by atoms with Crippen molar-refractivity contribution in [1.29, 1.82) is 0 Å². The van der Waals surface area contributed by atoms with Crippen LogP contribution in [0.1, 0.15) is 33.3 Å². The summed E-state index contributed by atoms with van der Waals surface area (Å²) >= 11 is 0. The highest BCUT2D eigenvalue weighted by molar-refractivity contribution is 5.79. The third-order valence-electron chi connectivity index (χ3n) is 3.58. The van der Waals surface area contributed by atoms with E-state index in [2.05, 4.69) is 5.43 Å². The summed E-state index contributed by atoms with van der Waals surface area (Å²) in [6.07, 6.45) is -1.34. The number of carboxylic acid groups (broad SMARTS) is 1. The predicted octanol–water partition coefficient (Wildman–Crippen LogP) is 2.47. The predicted molar refractivity (Wildman–Crippen MR) is 102 cm³/mol. The minimum Gasteiger partial charge on any atom is -0.480 e. The van der Waals surface area contributed by atoms with Crippen LogP contribution in [0.5, 0.6) is 0 Å². The van der Waals surface area contributed by atoms with Crippen molar-refractivity contribution in [2.45, 2.75) is 45.9 Å². The smallest absolute Gasteiger partial charge is 0.425 e. The number of carboxylic acids is 1. The number of ether oxygens (including phenoxy) is 2. The quantitative estimate of drug-likeness (QED) is 0.651. The van der Waals surface area contributed by atoms with Crippen LogP contribution in [0.2, 0.25) is 0 Å². The molecule has 1 rings (SSSR count). The highest BCUT2D eigenvalue weighted by Gasteiger charge is 2.30. The summed E-state index contributed by atoms with van der Waals surface area (Å²) in [5.74, 6) is -1.19. The van der Waals surface area contributed by atoms with Gasteiger partial charge in [0.2, 0.25) is 0 Å². The zero-order valence-electron chi connectivity index (χ0n) is 17.0. The van der Waals surface area contributed by atoms with Gasteiger partial charge in [0.1, 0.15) is 18.2 Å². The Hall–Kier alpha value is -2.81. The summed E-state index contributed by atoms with van der Waals surface area (Å²) in [5.41, 5.74) is 2.81. The van der Waals surface area contributed by atoms with Crippen LogP contribution in [0, 0.1) is 0 Å². The topological polar surface area (TPSA) is 108 Å². The molecule has 0 aromatic heterocycles. The van der Waals surface area contributed by atoms with Crippen molar-refractivity contribution in [3.63, 3.8) is 0 Å². The van der Waals surface area contributed by atoms with E-state index in [1.807, 2.05) is 30.3 Å². The van der Waals surface area contributed by atoms with E-state index < -0.39 is 29.8 Å². The van der Waals surface area contributed by atoms with Crippen molar-refractivity contribution in [3.05, 3.63) is 35.9 Å². The Balaban J connectivity index is 2.53. The van der Waals surface area contributed by atoms with Crippen molar-refractivity contribution in [2.75, 3.05) is 20.1 Å². The van der Waals surface area contributed by atoms with Gasteiger partial charge in [0.05, 0.1) is 0 Å². The SMILES string of the molecule is C[C@@H](C(=O)O)N(NCCN(C)C(=O)OCc1ccccc1)C(=O)OC(C)(C)C. The molecule has 0 heterocycles. The van der Waals surface area contributed by atoms with Crippen molar-refractivity contribution in [3.8, 4) is 0 Å². The monoisotopic (exact) mass is 395 g/mol. The number of rotatable bonds is 8. The number of hydrogen-bond acceptors (Lipinski definition) is 6. The Morgan fingerprint density at radius 3 is 2.29 bits per heavy atom. The second-order valence-electron chi connectivity index (χ2n) is 7.23. The molecule has 0 bridgehead atoms. The molecule has 9 heteroatoms. The van der Waals surface area contributed by atoms with E-state index >= 15 is 0 Å². The molecule has 156 valence electrons. The van der Waals surface area contributed by atoms with Gasteiger partial charge < -0.3 is 19.5 Å². The van der Waals surface area contributed by atoms with Crippen molar-refractivity contribution >= 4 is 18.2 Å². The normalized spacial score (nSPS) is 12.0. The van der Waals surface area contributed by atoms with Gasteiger partial charge in [-0.15, -0.1) is 0 Å². The number of carbonyl (C=O) groups excluding carboxylic acids is 2. The number of likely N-dealkylation sites (N-methyl/N-ethyl adjacent to an activating group) is 1. The fourth-order valence-electron chi connectivity index (χ4n) is 2.04. The fourth-order valence-corrected chi connectivity index (χ4v) is 2.04. The first-order chi connectivity index (χ1) is 13.0. The van der Waals surface area contributed by atoms with Crippen LogP contribution in [0.25, 0.3) is 0 Å². The summed E-state index contributed by atoms with van der Waals surface area (Å²) < 4.78 is 10.4. The standard InChI is InChI=1S/C19H29N3O6/c1-14(16(23)24)22(18(26)28-19(2,3)4)20-11-12-21(5)17(25)27-13-15-9-7-6-8-10-15/h6-10,14,20H,11-13H2,1-5H3,(H,23,24)/t14-/m0/s1. The van der Waals surface area contributed by atoms with Crippen LogP contribution in [0.3, 0.4) is 0 Å². The molecular weight excluding hydrogens is 366 g/mol. The molecule has 0 aliphatic carbocycles. The summed E-state index contributed by atoms with van der Waals surface area (Å²) in [6, 6.07) is 8.13. The summed E-state index contributed by atoms with van der Waals surface area (Å²) in [7, 11) is 1.55. The third-order valence-corrected chi connectivity index (χ3v) is 3.58. The van der Waals surface area contributed by atoms with Crippen LogP contribution in [0.15, 0.2) is 30.3 Å². The van der Waals surface area contributed by atoms with Crippen molar-refractivity contribution in [1.82, 2.24) is 15.3 Å². The van der Waals surface area contributed by atoms with Gasteiger partial charge >= 0.3 is 18.2 Å². The Kier molecular flexibility index (Phi) is 8.72. The molecule has 2 N–H and O–H groups in total. The number of hydrogen-bond donors (Lipinski definition) is 2. The van der Waals surface area contributed by atoms with E-state index in [-0.39, 0.29) is 19.7 Å². The van der Waals surface area contributed by atoms with E-state index in [1.54, 1.807) is 27.8 Å². The lowest BCUT2D eigenvalue weighted by Gasteiger charge is -2.30. The highest BCUT2D eigenvalue weighted by Crippen LogP contribution is 2.11. The Labute approximate surface area is 165 Å². The van der Waals surface area contributed by atoms with Crippen LogP contribution in [-0.4, -0.2) is 65.0 Å². The van der Waals surface area contributed by atoms with Crippen LogP contribution in [0.4, 0.5) is 9.59 Å². The lowest BCUT2D eigenvalue weighted by molar-refractivity contribution is -0.143. The van der Waals surface area contributed by atoms with Crippen LogP contribution < -0.4 is 5.43 Å². The molecule has 0 saturated carbocycles. The van der Waals surface area contributed by atoms with Gasteiger partial charge in [0, 0.05) is 20.1 Å². The number of carbonyl (C=O) groups is 3. The molecule has 0 unspecified atom stereocenters. The van der Waals surface area contributed by atoms with Gasteiger partial charge in [-0.05, 0) is 33.3 Å². The van der Waals surface area contributed by atoms with Gasteiger partial charge in [0.15, 0.2) is 0 Å². The largest absolute Gasteiger partial charge is 0.480 e. The van der Waals surface area contributed by atoms with Gasteiger partial charge in [-0.1, -0.05) is 30.3 Å². The molecule has 2 amide bonds. The number of nitrogens with one attached hydrogen (secondary N) is 1. The number of aliphatic carboxylic acids is 1. The first-order valence-electron chi connectivity index (χ1n) is 8.91. The lowest BCUT2D eigenvalue weighted by atomic mass is 10.2. The molecule has 0 fully saturated rings. The lowest BCUT2D eigenvalue weighted by Crippen LogP contribution is -2.54. The second-order valence-corrected chi connectivity index (χ2v) is 7.23. The Morgan fingerprint density at radius 1 is 1.14 bits per heavy atom. The minimum absolute atomic E-state index is 0.133. The molecule has 1 aromatic carbocycles. The number of amides is 2. The molecule has 0 aliphatic rings. The third kappa shape index (κ3) is 8.26. The summed E-state index contributed by atoms with van der Waals surface area (Å²) in [4.78, 5) is 36.9. The average molecular weight is 395 g/mol. The highest BCUT2D eigenvalue weighted by atomic mass is 16.6. The molecular formula is C19H29N3O6. The van der Waals surface area contributed by atoms with Gasteiger partial charge in [0.25, 0.3) is 0 Å². The average Bonchev–Trinajstić information content (AvgIpc) is 2.61. The molecule has 1 aromatic rings. The fraction of sp³-hybridized carbons (Fsp3) is 0.526. The maximum absolute atomic E-state index is 12.2. The summed E-state index contributed by atoms with van der Waals surface area (Å²) in [6.45, 7) is 6.89. The van der Waals surface area contributed by atoms with Gasteiger partial charge in [-0.3, -0.25) is 0 Å². The first-order valence-corrected chi connectivity index (χ1v) is 8.91. The Morgan fingerprint density at radius 2 is 1.75 bits per heavy atom. The van der Waals surface area contributed by atoms with E-state index in [0.29, 0.717) is 0 Å². The molecule has 0 spiro atoms. The maximum Gasteiger partial charge on any atom is 0.425 e. The first kappa shape index (κ1) is 23.2. The van der Waals surface area contributed by atoms with Gasteiger partial charge in [-0.25, -0.2) is 24.8 Å². The zero-order valence-corrected chi connectivity index (χ0v) is 17.0. The summed E-state index contributed by atoms with van der Waals surface area (Å²) in [5, 5.41) is 10.1. The molecule has 0 radical (unpaired) electrons. The van der Waals surface area contributed by atoms with Crippen LogP contribution >= 0.6 is 0 Å². The molecule has 28 heavy (non-hydrogen) atoms. The van der Waals surface area contributed by atoms with Gasteiger partial charge in [-0.2, -0.15) is 0 Å². The zero-order chi connectivity index (χ0) is 21.3. The molecule has 1 atom stereocenters. The molecule has 0 saturated heterocycles. The van der Waals surface area contributed by atoms with E-state index in [0.717, 1.165) is 10.6 Å². The number of benzene rings is 1. The maximum atomic E-state index is 12.2. The van der Waals surface area contributed by atoms with Crippen molar-refractivity contribution in [2.24, 2.45) is 0 Å². The molecule has 9 nitrogen and oxygen atoms in total. The van der Waals surface area contributed by atoms with E-state index in [9.17, 15) is 19.5 Å². The number of hydrazine groups is 1. The van der Waals surface area contributed by atoms with Crippen molar-refractivity contribution < 1.29 is 29.0 Å². The van der Waals surface area contributed by atoms with E-state index in [4.69, 9.17) is 9.47 Å². The Bertz CT molecular complexity index is 659. The van der Waals surface area contributed by atoms with E-state index in [1.165, 1.54) is 11.8 Å².